The van der Waals surface area contributed by atoms with Crippen molar-refractivity contribution in [2.24, 2.45) is 5.92 Å². The molecule has 82 valence electrons. The Hall–Kier alpha value is -1.18. The van der Waals surface area contributed by atoms with Gasteiger partial charge in [-0.05, 0) is 43.0 Å². The van der Waals surface area contributed by atoms with Crippen molar-refractivity contribution in [2.75, 3.05) is 11.1 Å². The number of rotatable bonds is 2. The highest BCUT2D eigenvalue weighted by Gasteiger charge is 2.18. The van der Waals surface area contributed by atoms with Crippen molar-refractivity contribution in [1.29, 1.82) is 0 Å². The maximum atomic E-state index is 5.65. The highest BCUT2D eigenvalue weighted by Crippen LogP contribution is 2.26. The highest BCUT2D eigenvalue weighted by molar-refractivity contribution is 5.51. The standard InChI is InChI=1S/C13H20N2/c1-10-3-2-4-13(9-10)15-12-7-5-11(14)6-8-12/h5-8,10,13,15H,2-4,9,14H2,1H3. The van der Waals surface area contributed by atoms with E-state index < -0.39 is 0 Å². The SMILES string of the molecule is CC1CCCC(Nc2ccc(N)cc2)C1. The molecule has 15 heavy (non-hydrogen) atoms. The van der Waals surface area contributed by atoms with Crippen molar-refractivity contribution in [2.45, 2.75) is 38.6 Å². The number of benzene rings is 1. The maximum absolute atomic E-state index is 5.65. The van der Waals surface area contributed by atoms with Crippen LogP contribution in [0.15, 0.2) is 24.3 Å². The average molecular weight is 204 g/mol. The van der Waals surface area contributed by atoms with Gasteiger partial charge in [0.15, 0.2) is 0 Å². The summed E-state index contributed by atoms with van der Waals surface area (Å²) in [6.07, 6.45) is 5.34. The van der Waals surface area contributed by atoms with Crippen LogP contribution in [0.4, 0.5) is 11.4 Å². The summed E-state index contributed by atoms with van der Waals surface area (Å²) >= 11 is 0. The Balaban J connectivity index is 1.93. The van der Waals surface area contributed by atoms with Gasteiger partial charge >= 0.3 is 0 Å². The first-order chi connectivity index (χ1) is 7.24. The molecule has 0 spiro atoms. The van der Waals surface area contributed by atoms with Crippen LogP contribution in [0.3, 0.4) is 0 Å². The van der Waals surface area contributed by atoms with Gasteiger partial charge in [-0.2, -0.15) is 0 Å². The summed E-state index contributed by atoms with van der Waals surface area (Å²) in [5.74, 6) is 0.866. The molecular formula is C13H20N2. The third kappa shape index (κ3) is 2.88. The summed E-state index contributed by atoms with van der Waals surface area (Å²) in [6.45, 7) is 2.34. The molecule has 0 aliphatic heterocycles. The molecular weight excluding hydrogens is 184 g/mol. The summed E-state index contributed by atoms with van der Waals surface area (Å²) < 4.78 is 0. The molecule has 2 nitrogen and oxygen atoms in total. The predicted octanol–water partition coefficient (Wildman–Crippen LogP) is 3.26. The van der Waals surface area contributed by atoms with Crippen LogP contribution in [0.5, 0.6) is 0 Å². The van der Waals surface area contributed by atoms with Gasteiger partial charge in [0.1, 0.15) is 0 Å². The third-order valence-corrected chi connectivity index (χ3v) is 3.22. The van der Waals surface area contributed by atoms with E-state index in [0.29, 0.717) is 6.04 Å². The molecule has 2 unspecified atom stereocenters. The number of hydrogen-bond acceptors (Lipinski definition) is 2. The molecule has 0 aromatic heterocycles. The van der Waals surface area contributed by atoms with E-state index in [4.69, 9.17) is 5.73 Å². The first kappa shape index (κ1) is 10.3. The predicted molar refractivity (Wildman–Crippen MR) is 65.9 cm³/mol. The highest BCUT2D eigenvalue weighted by atomic mass is 14.9. The molecule has 1 aromatic rings. The molecule has 0 saturated heterocycles. The van der Waals surface area contributed by atoms with Crippen LogP contribution in [0.1, 0.15) is 32.6 Å². The molecule has 0 radical (unpaired) electrons. The van der Waals surface area contributed by atoms with E-state index in [1.165, 1.54) is 31.4 Å². The van der Waals surface area contributed by atoms with Gasteiger partial charge in [-0.15, -0.1) is 0 Å². The number of nitrogens with two attached hydrogens (primary N) is 1. The summed E-state index contributed by atoms with van der Waals surface area (Å²) in [6, 6.07) is 8.68. The van der Waals surface area contributed by atoms with Crippen LogP contribution < -0.4 is 11.1 Å². The second-order valence-corrected chi connectivity index (χ2v) is 4.74. The van der Waals surface area contributed by atoms with Crippen LogP contribution >= 0.6 is 0 Å². The molecule has 1 aliphatic carbocycles. The van der Waals surface area contributed by atoms with Gasteiger partial charge in [0.25, 0.3) is 0 Å². The normalized spacial score (nSPS) is 26.2. The van der Waals surface area contributed by atoms with E-state index in [1.54, 1.807) is 0 Å². The van der Waals surface area contributed by atoms with Gasteiger partial charge in [0.2, 0.25) is 0 Å². The molecule has 0 amide bonds. The molecule has 1 fully saturated rings. The number of hydrogen-bond donors (Lipinski definition) is 2. The summed E-state index contributed by atoms with van der Waals surface area (Å²) in [4.78, 5) is 0. The number of nitrogen functional groups attached to an aromatic ring is 1. The lowest BCUT2D eigenvalue weighted by atomic mass is 9.87. The van der Waals surface area contributed by atoms with Gasteiger partial charge in [0.05, 0.1) is 0 Å². The molecule has 0 heterocycles. The van der Waals surface area contributed by atoms with Crippen molar-refractivity contribution in [3.8, 4) is 0 Å². The van der Waals surface area contributed by atoms with E-state index >= 15 is 0 Å². The maximum Gasteiger partial charge on any atom is 0.0343 e. The second-order valence-electron chi connectivity index (χ2n) is 4.74. The number of anilines is 2. The summed E-state index contributed by atoms with van der Waals surface area (Å²) in [7, 11) is 0. The summed E-state index contributed by atoms with van der Waals surface area (Å²) in [5, 5.41) is 3.58. The van der Waals surface area contributed by atoms with Crippen LogP contribution in [0, 0.1) is 5.92 Å². The minimum atomic E-state index is 0.650. The van der Waals surface area contributed by atoms with Gasteiger partial charge < -0.3 is 11.1 Å². The fourth-order valence-electron chi connectivity index (χ4n) is 2.38. The van der Waals surface area contributed by atoms with Gasteiger partial charge in [-0.1, -0.05) is 19.8 Å². The minimum Gasteiger partial charge on any atom is -0.399 e. The third-order valence-electron chi connectivity index (χ3n) is 3.22. The van der Waals surface area contributed by atoms with Crippen molar-refractivity contribution in [3.05, 3.63) is 24.3 Å². The molecule has 2 rings (SSSR count). The fourth-order valence-corrected chi connectivity index (χ4v) is 2.38. The van der Waals surface area contributed by atoms with E-state index in [9.17, 15) is 0 Å². The summed E-state index contributed by atoms with van der Waals surface area (Å²) in [5.41, 5.74) is 7.68. The Morgan fingerprint density at radius 3 is 2.60 bits per heavy atom. The number of nitrogens with one attached hydrogen (secondary N) is 1. The largest absolute Gasteiger partial charge is 0.399 e. The minimum absolute atomic E-state index is 0.650. The molecule has 1 aliphatic rings. The molecule has 0 bridgehead atoms. The molecule has 3 N–H and O–H groups in total. The topological polar surface area (TPSA) is 38.0 Å². The van der Waals surface area contributed by atoms with Crippen LogP contribution in [-0.4, -0.2) is 6.04 Å². The zero-order valence-electron chi connectivity index (χ0n) is 9.37. The van der Waals surface area contributed by atoms with Gasteiger partial charge in [-0.3, -0.25) is 0 Å². The van der Waals surface area contributed by atoms with E-state index in [-0.39, 0.29) is 0 Å². The Kier molecular flexibility index (Phi) is 3.14. The van der Waals surface area contributed by atoms with E-state index in [1.807, 2.05) is 12.1 Å². The monoisotopic (exact) mass is 204 g/mol. The Morgan fingerprint density at radius 1 is 1.20 bits per heavy atom. The Bertz CT molecular complexity index is 305. The fraction of sp³-hybridized carbons (Fsp3) is 0.538. The van der Waals surface area contributed by atoms with Crippen molar-refractivity contribution in [3.63, 3.8) is 0 Å². The molecule has 2 atom stereocenters. The second kappa shape index (κ2) is 4.56. The van der Waals surface area contributed by atoms with Crippen molar-refractivity contribution >= 4 is 11.4 Å². The Labute approximate surface area is 91.9 Å². The Morgan fingerprint density at radius 2 is 1.93 bits per heavy atom. The van der Waals surface area contributed by atoms with Crippen molar-refractivity contribution < 1.29 is 0 Å². The van der Waals surface area contributed by atoms with Crippen LogP contribution in [0.2, 0.25) is 0 Å². The van der Waals surface area contributed by atoms with Gasteiger partial charge in [0, 0.05) is 17.4 Å². The first-order valence-corrected chi connectivity index (χ1v) is 5.86. The van der Waals surface area contributed by atoms with Crippen LogP contribution in [0.25, 0.3) is 0 Å². The van der Waals surface area contributed by atoms with Crippen LogP contribution in [-0.2, 0) is 0 Å². The van der Waals surface area contributed by atoms with Gasteiger partial charge in [-0.25, -0.2) is 0 Å². The van der Waals surface area contributed by atoms with Crippen molar-refractivity contribution in [1.82, 2.24) is 0 Å². The first-order valence-electron chi connectivity index (χ1n) is 5.86. The zero-order chi connectivity index (χ0) is 10.7. The zero-order valence-corrected chi connectivity index (χ0v) is 9.37. The molecule has 1 saturated carbocycles. The smallest absolute Gasteiger partial charge is 0.0343 e. The molecule has 2 heteroatoms. The lowest BCUT2D eigenvalue weighted by Crippen LogP contribution is -2.26. The average Bonchev–Trinajstić information content (AvgIpc) is 2.22. The van der Waals surface area contributed by atoms with E-state index in [2.05, 4.69) is 24.4 Å². The lowest BCUT2D eigenvalue weighted by molar-refractivity contribution is 0.358. The van der Waals surface area contributed by atoms with E-state index in [0.717, 1.165) is 11.6 Å². The lowest BCUT2D eigenvalue weighted by Gasteiger charge is -2.28. The quantitative estimate of drug-likeness (QED) is 0.726. The molecule has 1 aromatic carbocycles.